The number of hydrogen-bond donors (Lipinski definition) is 4. The van der Waals surface area contributed by atoms with E-state index in [1.54, 1.807) is 25.1 Å². The molecule has 1 aliphatic heterocycles. The average molecular weight is 564 g/mol. The maximum atomic E-state index is 15.0. The minimum Gasteiger partial charge on any atom is -0.388 e. The highest BCUT2D eigenvalue weighted by Gasteiger charge is 2.40. The van der Waals surface area contributed by atoms with Gasteiger partial charge in [-0.15, -0.1) is 11.3 Å². The molecule has 0 bridgehead atoms. The lowest BCUT2D eigenvalue weighted by Crippen LogP contribution is -2.30. The Hall–Kier alpha value is -3.87. The maximum Gasteiger partial charge on any atom is 0.287 e. The number of nitrogens with zero attached hydrogens (tertiary/aromatic N) is 4. The highest BCUT2D eigenvalue weighted by molar-refractivity contribution is 7.14. The van der Waals surface area contributed by atoms with E-state index in [1.807, 2.05) is 31.6 Å². The first kappa shape index (κ1) is 26.4. The zero-order chi connectivity index (χ0) is 28.3. The van der Waals surface area contributed by atoms with Gasteiger partial charge in [-0.25, -0.2) is 9.49 Å². The molecule has 6 rings (SSSR count). The molecule has 4 N–H and O–H groups in total. The predicted molar refractivity (Wildman–Crippen MR) is 152 cm³/mol. The first-order chi connectivity index (χ1) is 19.0. The number of carbonyl (C=O) groups excluding carboxylic acids is 1. The number of nitrogens with one attached hydrogen (secondary N) is 3. The van der Waals surface area contributed by atoms with Crippen LogP contribution in [0, 0.1) is 18.2 Å². The van der Waals surface area contributed by atoms with E-state index in [0.717, 1.165) is 35.8 Å². The van der Waals surface area contributed by atoms with Crippen molar-refractivity contribution in [3.63, 3.8) is 0 Å². The Balaban J connectivity index is 1.26. The number of aliphatic hydroxyl groups is 1. The number of thiophene rings is 1. The molecule has 12 heteroatoms. The van der Waals surface area contributed by atoms with Crippen LogP contribution in [0.4, 0.5) is 21.6 Å². The second kappa shape index (κ2) is 9.65. The number of aromatic nitrogens is 4. The lowest BCUT2D eigenvalue weighted by Gasteiger charge is -2.22. The minimum absolute atomic E-state index is 0.0327. The third kappa shape index (κ3) is 4.61. The van der Waals surface area contributed by atoms with E-state index in [9.17, 15) is 19.1 Å². The Morgan fingerprint density at radius 1 is 1.25 bits per heavy atom. The number of fused-ring (bicyclic) bond motifs is 2. The van der Waals surface area contributed by atoms with Gasteiger partial charge < -0.3 is 15.7 Å². The van der Waals surface area contributed by atoms with Crippen LogP contribution in [-0.2, 0) is 19.5 Å². The van der Waals surface area contributed by atoms with E-state index in [2.05, 4.69) is 30.8 Å². The van der Waals surface area contributed by atoms with Crippen molar-refractivity contribution in [1.82, 2.24) is 24.9 Å². The zero-order valence-electron chi connectivity index (χ0n) is 22.6. The number of aliphatic hydroxyl groups excluding tert-OH is 1. The van der Waals surface area contributed by atoms with Gasteiger partial charge in [-0.1, -0.05) is 13.8 Å². The molecule has 208 valence electrons. The molecule has 2 aliphatic rings. The number of hydrogen-bond acceptors (Lipinski definition) is 8. The lowest BCUT2D eigenvalue weighted by molar-refractivity contribution is 0.0665. The number of carbonyl (C=O) groups is 1. The van der Waals surface area contributed by atoms with Crippen LogP contribution in [0.3, 0.4) is 0 Å². The first-order valence-corrected chi connectivity index (χ1v) is 13.9. The van der Waals surface area contributed by atoms with Crippen LogP contribution in [0.5, 0.6) is 0 Å². The summed E-state index contributed by atoms with van der Waals surface area (Å²) in [5, 5.41) is 27.6. The average Bonchev–Trinajstić information content (AvgIpc) is 3.55. The van der Waals surface area contributed by atoms with Crippen molar-refractivity contribution in [3.05, 3.63) is 73.1 Å². The summed E-state index contributed by atoms with van der Waals surface area (Å²) < 4.78 is 16.9. The van der Waals surface area contributed by atoms with E-state index in [1.165, 1.54) is 17.4 Å². The Bertz CT molecular complexity index is 1710. The number of amides is 1. The number of likely N-dealkylation sites (N-methyl/N-ethyl adjacent to an activating group) is 1. The third-order valence-electron chi connectivity index (χ3n) is 7.70. The van der Waals surface area contributed by atoms with Crippen molar-refractivity contribution in [1.29, 1.82) is 0 Å². The van der Waals surface area contributed by atoms with Gasteiger partial charge in [0.1, 0.15) is 11.5 Å². The Labute approximate surface area is 233 Å². The minimum atomic E-state index is -0.648. The molecule has 1 aromatic carbocycles. The maximum absolute atomic E-state index is 15.0. The fourth-order valence-corrected chi connectivity index (χ4v) is 6.70. The van der Waals surface area contributed by atoms with Crippen LogP contribution in [0.2, 0.25) is 0 Å². The van der Waals surface area contributed by atoms with Crippen molar-refractivity contribution in [2.24, 2.45) is 5.41 Å². The number of benzene rings is 1. The molecule has 10 nitrogen and oxygen atoms in total. The topological polar surface area (TPSA) is 128 Å². The molecule has 1 aliphatic carbocycles. The SMILES string of the molecule is Cc1c(-c2cc(Nc3cc4n(n3)CCN(C)C4)c(=O)[nH]n2)ccc(F)c1NC(=O)c1cc2c(s1)CC(C)(C)C2O. The summed E-state index contributed by atoms with van der Waals surface area (Å²) in [6.07, 6.45) is 0.0298. The van der Waals surface area contributed by atoms with Crippen LogP contribution in [-0.4, -0.2) is 49.5 Å². The van der Waals surface area contributed by atoms with Crippen LogP contribution in [0.25, 0.3) is 11.3 Å². The molecule has 0 saturated heterocycles. The molecule has 3 aromatic heterocycles. The van der Waals surface area contributed by atoms with Crippen molar-refractivity contribution in [3.8, 4) is 11.3 Å². The lowest BCUT2D eigenvalue weighted by atomic mass is 9.88. The molecule has 40 heavy (non-hydrogen) atoms. The zero-order valence-corrected chi connectivity index (χ0v) is 23.4. The largest absolute Gasteiger partial charge is 0.388 e. The van der Waals surface area contributed by atoms with Gasteiger partial charge in [0.05, 0.1) is 34.6 Å². The van der Waals surface area contributed by atoms with Gasteiger partial charge in [-0.05, 0) is 61.2 Å². The summed E-state index contributed by atoms with van der Waals surface area (Å²) in [5.74, 6) is -0.487. The molecule has 1 amide bonds. The van der Waals surface area contributed by atoms with Gasteiger partial charge in [-0.2, -0.15) is 10.2 Å². The van der Waals surface area contributed by atoms with Gasteiger partial charge in [0.25, 0.3) is 11.5 Å². The van der Waals surface area contributed by atoms with Crippen LogP contribution in [0.15, 0.2) is 35.1 Å². The number of halogens is 1. The second-order valence-electron chi connectivity index (χ2n) is 11.2. The van der Waals surface area contributed by atoms with E-state index in [-0.39, 0.29) is 16.8 Å². The number of H-pyrrole nitrogens is 1. The Morgan fingerprint density at radius 3 is 2.83 bits per heavy atom. The summed E-state index contributed by atoms with van der Waals surface area (Å²) in [7, 11) is 2.04. The first-order valence-electron chi connectivity index (χ1n) is 13.0. The summed E-state index contributed by atoms with van der Waals surface area (Å²) >= 11 is 1.32. The van der Waals surface area contributed by atoms with Crippen molar-refractivity contribution in [2.75, 3.05) is 24.2 Å². The summed E-state index contributed by atoms with van der Waals surface area (Å²) in [6.45, 7) is 8.09. The van der Waals surface area contributed by atoms with Crippen LogP contribution >= 0.6 is 11.3 Å². The number of anilines is 3. The van der Waals surface area contributed by atoms with Crippen molar-refractivity contribution >= 4 is 34.4 Å². The van der Waals surface area contributed by atoms with Crippen molar-refractivity contribution < 1.29 is 14.3 Å². The van der Waals surface area contributed by atoms with E-state index in [4.69, 9.17) is 0 Å². The molecule has 0 spiro atoms. The number of aromatic amines is 1. The van der Waals surface area contributed by atoms with Crippen LogP contribution < -0.4 is 16.2 Å². The van der Waals surface area contributed by atoms with Gasteiger partial charge in [0.2, 0.25) is 0 Å². The molecular weight excluding hydrogens is 533 g/mol. The summed E-state index contributed by atoms with van der Waals surface area (Å²) in [4.78, 5) is 29.3. The molecule has 0 saturated carbocycles. The molecule has 0 radical (unpaired) electrons. The summed E-state index contributed by atoms with van der Waals surface area (Å²) in [5.41, 5.74) is 2.80. The third-order valence-corrected chi connectivity index (χ3v) is 8.85. The van der Waals surface area contributed by atoms with E-state index < -0.39 is 23.4 Å². The Kier molecular flexibility index (Phi) is 6.36. The molecule has 4 aromatic rings. The normalized spacial score (nSPS) is 17.9. The van der Waals surface area contributed by atoms with Crippen molar-refractivity contribution in [2.45, 2.75) is 46.4 Å². The molecular formula is C28H30FN7O3S. The Morgan fingerprint density at radius 2 is 2.05 bits per heavy atom. The molecule has 1 atom stereocenters. The molecule has 4 heterocycles. The van der Waals surface area contributed by atoms with E-state index >= 15 is 0 Å². The monoisotopic (exact) mass is 563 g/mol. The predicted octanol–water partition coefficient (Wildman–Crippen LogP) is 4.20. The fraction of sp³-hybridized carbons (Fsp3) is 0.357. The standard InChI is InChI=1S/C28H30FN7O3S/c1-14-16(19-11-20(26(38)33-32-19)30-23-9-15-13-35(4)7-8-36(15)34-23)5-6-18(29)24(14)31-27(39)21-10-17-22(40-21)12-28(2,3)25(17)37/h5-6,9-11,25,37H,7-8,12-13H2,1-4H3,(H,31,39)(H,33,38)(H,30,32,34). The highest BCUT2D eigenvalue weighted by Crippen LogP contribution is 2.48. The molecule has 0 fully saturated rings. The quantitative estimate of drug-likeness (QED) is 0.287. The smallest absolute Gasteiger partial charge is 0.287 e. The number of rotatable bonds is 5. The van der Waals surface area contributed by atoms with Gasteiger partial charge in [0.15, 0.2) is 5.82 Å². The van der Waals surface area contributed by atoms with Gasteiger partial charge in [0, 0.05) is 29.6 Å². The van der Waals surface area contributed by atoms with Gasteiger partial charge >= 0.3 is 0 Å². The highest BCUT2D eigenvalue weighted by atomic mass is 32.1. The van der Waals surface area contributed by atoms with E-state index in [0.29, 0.717) is 33.9 Å². The van der Waals surface area contributed by atoms with Gasteiger partial charge in [-0.3, -0.25) is 19.2 Å². The van der Waals surface area contributed by atoms with Crippen LogP contribution in [0.1, 0.15) is 51.3 Å². The second-order valence-corrected chi connectivity index (χ2v) is 12.3. The fourth-order valence-electron chi connectivity index (χ4n) is 5.37. The molecule has 1 unspecified atom stereocenters. The summed E-state index contributed by atoms with van der Waals surface area (Å²) in [6, 6.07) is 8.01.